The Bertz CT molecular complexity index is 1030. The number of hydrogen-bond acceptors (Lipinski definition) is 3. The van der Waals surface area contributed by atoms with E-state index >= 15 is 0 Å². The van der Waals surface area contributed by atoms with Crippen LogP contribution < -0.4 is 9.64 Å². The van der Waals surface area contributed by atoms with Crippen LogP contribution in [0.2, 0.25) is 5.02 Å². The van der Waals surface area contributed by atoms with E-state index in [0.29, 0.717) is 22.4 Å². The number of ether oxygens (including phenoxy) is 1. The summed E-state index contributed by atoms with van der Waals surface area (Å²) in [4.78, 5) is 15.1. The van der Waals surface area contributed by atoms with Crippen LogP contribution in [0.1, 0.15) is 47.2 Å². The summed E-state index contributed by atoms with van der Waals surface area (Å²) in [6.45, 7) is 4.28. The molecule has 1 aliphatic heterocycles. The van der Waals surface area contributed by atoms with Crippen LogP contribution in [0.3, 0.4) is 0 Å². The van der Waals surface area contributed by atoms with Crippen molar-refractivity contribution < 1.29 is 9.53 Å². The van der Waals surface area contributed by atoms with Gasteiger partial charge in [0.1, 0.15) is 11.4 Å². The van der Waals surface area contributed by atoms with Crippen LogP contribution in [-0.2, 0) is 6.42 Å². The average molecular weight is 396 g/mol. The van der Waals surface area contributed by atoms with Crippen molar-refractivity contribution in [3.63, 3.8) is 0 Å². The van der Waals surface area contributed by atoms with Crippen LogP contribution in [0.15, 0.2) is 48.5 Å². The standard InChI is InChI=1S/C22H22ClN3O2/c1-13(2)11-18-19-20(25-24-18)22(27)26(14-7-6-8-15(12-14)28-3)21(19)16-9-4-5-10-17(16)23/h4-10,12-13,21H,11H2,1-3H3,(H,24,25). The molecule has 1 N–H and O–H groups in total. The molecule has 0 aliphatic carbocycles. The van der Waals surface area contributed by atoms with E-state index in [1.165, 1.54) is 0 Å². The highest BCUT2D eigenvalue weighted by Crippen LogP contribution is 2.45. The van der Waals surface area contributed by atoms with Crippen molar-refractivity contribution >= 4 is 23.2 Å². The minimum atomic E-state index is -0.337. The molecule has 1 aromatic heterocycles. The average Bonchev–Trinajstić information content (AvgIpc) is 3.21. The number of rotatable bonds is 5. The van der Waals surface area contributed by atoms with Crippen LogP contribution in [0.25, 0.3) is 0 Å². The van der Waals surface area contributed by atoms with Gasteiger partial charge in [-0.2, -0.15) is 5.10 Å². The molecule has 144 valence electrons. The lowest BCUT2D eigenvalue weighted by Gasteiger charge is -2.27. The van der Waals surface area contributed by atoms with Crippen LogP contribution in [0, 0.1) is 5.92 Å². The van der Waals surface area contributed by atoms with Crippen molar-refractivity contribution in [1.82, 2.24) is 10.2 Å². The number of nitrogens with one attached hydrogen (secondary N) is 1. The van der Waals surface area contributed by atoms with Gasteiger partial charge in [-0.1, -0.05) is 49.7 Å². The first-order chi connectivity index (χ1) is 13.5. The number of H-pyrrole nitrogens is 1. The highest BCUT2D eigenvalue weighted by atomic mass is 35.5. The summed E-state index contributed by atoms with van der Waals surface area (Å²) >= 11 is 6.56. The zero-order chi connectivity index (χ0) is 19.8. The lowest BCUT2D eigenvalue weighted by molar-refractivity contribution is 0.0988. The Balaban J connectivity index is 1.91. The van der Waals surface area contributed by atoms with Gasteiger partial charge in [-0.15, -0.1) is 0 Å². The highest BCUT2D eigenvalue weighted by molar-refractivity contribution is 6.31. The number of carbonyl (C=O) groups is 1. The summed E-state index contributed by atoms with van der Waals surface area (Å²) in [6, 6.07) is 14.8. The largest absolute Gasteiger partial charge is 0.497 e. The molecule has 1 aliphatic rings. The molecule has 1 atom stereocenters. The highest BCUT2D eigenvalue weighted by Gasteiger charge is 2.43. The van der Waals surface area contributed by atoms with Crippen molar-refractivity contribution in [2.45, 2.75) is 26.3 Å². The first-order valence-corrected chi connectivity index (χ1v) is 9.68. The number of fused-ring (bicyclic) bond motifs is 1. The number of halogens is 1. The maximum Gasteiger partial charge on any atom is 0.277 e. The van der Waals surface area contributed by atoms with Crippen molar-refractivity contribution in [2.24, 2.45) is 5.92 Å². The number of amides is 1. The van der Waals surface area contributed by atoms with Gasteiger partial charge in [-0.25, -0.2) is 0 Å². The van der Waals surface area contributed by atoms with E-state index < -0.39 is 0 Å². The number of methoxy groups -OCH3 is 1. The predicted octanol–water partition coefficient (Wildman–Crippen LogP) is 5.02. The number of hydrogen-bond donors (Lipinski definition) is 1. The molecule has 2 heterocycles. The van der Waals surface area contributed by atoms with Gasteiger partial charge >= 0.3 is 0 Å². The van der Waals surface area contributed by atoms with Gasteiger partial charge in [0, 0.05) is 22.3 Å². The fourth-order valence-electron chi connectivity index (χ4n) is 3.77. The first-order valence-electron chi connectivity index (χ1n) is 9.30. The molecule has 0 fully saturated rings. The normalized spacial score (nSPS) is 16.0. The van der Waals surface area contributed by atoms with E-state index in [2.05, 4.69) is 24.0 Å². The number of carbonyl (C=O) groups excluding carboxylic acids is 1. The van der Waals surface area contributed by atoms with Crippen LogP contribution in [0.5, 0.6) is 5.75 Å². The monoisotopic (exact) mass is 395 g/mol. The Labute approximate surface area is 169 Å². The molecule has 1 unspecified atom stereocenters. The third-order valence-corrected chi connectivity index (χ3v) is 5.32. The number of nitrogens with zero attached hydrogens (tertiary/aromatic N) is 2. The number of anilines is 1. The van der Waals surface area contributed by atoms with Gasteiger partial charge in [-0.3, -0.25) is 14.8 Å². The lowest BCUT2D eigenvalue weighted by Crippen LogP contribution is -2.29. The molecule has 28 heavy (non-hydrogen) atoms. The van der Waals surface area contributed by atoms with E-state index in [-0.39, 0.29) is 11.9 Å². The predicted molar refractivity (Wildman–Crippen MR) is 110 cm³/mol. The fourth-order valence-corrected chi connectivity index (χ4v) is 4.01. The molecule has 0 saturated carbocycles. The molecule has 0 saturated heterocycles. The van der Waals surface area contributed by atoms with E-state index in [1.54, 1.807) is 12.0 Å². The fraction of sp³-hybridized carbons (Fsp3) is 0.273. The third-order valence-electron chi connectivity index (χ3n) is 4.98. The molecule has 5 nitrogen and oxygen atoms in total. The van der Waals surface area contributed by atoms with Crippen LogP contribution in [-0.4, -0.2) is 23.2 Å². The number of benzene rings is 2. The second kappa shape index (κ2) is 7.32. The quantitative estimate of drug-likeness (QED) is 0.659. The van der Waals surface area contributed by atoms with Gasteiger partial charge in [0.2, 0.25) is 0 Å². The Morgan fingerprint density at radius 3 is 2.71 bits per heavy atom. The summed E-state index contributed by atoms with van der Waals surface area (Å²) < 4.78 is 5.37. The Kier molecular flexibility index (Phi) is 4.85. The Morgan fingerprint density at radius 2 is 2.00 bits per heavy atom. The molecular weight excluding hydrogens is 374 g/mol. The first kappa shape index (κ1) is 18.6. The van der Waals surface area contributed by atoms with Crippen LogP contribution in [0.4, 0.5) is 5.69 Å². The second-order valence-electron chi connectivity index (χ2n) is 7.36. The SMILES string of the molecule is COc1cccc(N2C(=O)c3[nH]nc(CC(C)C)c3C2c2ccccc2Cl)c1. The maximum atomic E-state index is 13.4. The molecule has 0 bridgehead atoms. The topological polar surface area (TPSA) is 58.2 Å². The minimum Gasteiger partial charge on any atom is -0.497 e. The third kappa shape index (κ3) is 3.06. The van der Waals surface area contributed by atoms with E-state index in [1.807, 2.05) is 48.5 Å². The van der Waals surface area contributed by atoms with E-state index in [0.717, 1.165) is 28.9 Å². The van der Waals surface area contributed by atoms with Crippen molar-refractivity contribution in [3.8, 4) is 5.75 Å². The van der Waals surface area contributed by atoms with E-state index in [4.69, 9.17) is 16.3 Å². The van der Waals surface area contributed by atoms with E-state index in [9.17, 15) is 4.79 Å². The number of aromatic nitrogens is 2. The molecule has 0 spiro atoms. The summed E-state index contributed by atoms with van der Waals surface area (Å²) in [7, 11) is 1.61. The second-order valence-corrected chi connectivity index (χ2v) is 7.76. The molecule has 4 rings (SSSR count). The minimum absolute atomic E-state index is 0.115. The summed E-state index contributed by atoms with van der Waals surface area (Å²) in [5.41, 5.74) is 3.99. The maximum absolute atomic E-state index is 13.4. The van der Waals surface area contributed by atoms with Gasteiger partial charge < -0.3 is 4.74 Å². The molecule has 0 radical (unpaired) electrons. The Morgan fingerprint density at radius 1 is 1.21 bits per heavy atom. The van der Waals surface area contributed by atoms with Crippen molar-refractivity contribution in [3.05, 3.63) is 76.1 Å². The van der Waals surface area contributed by atoms with Crippen molar-refractivity contribution in [1.29, 1.82) is 0 Å². The zero-order valence-corrected chi connectivity index (χ0v) is 16.8. The molecular formula is C22H22ClN3O2. The molecule has 3 aromatic rings. The summed E-state index contributed by atoms with van der Waals surface area (Å²) in [5, 5.41) is 8.05. The molecule has 6 heteroatoms. The summed E-state index contributed by atoms with van der Waals surface area (Å²) in [6.07, 6.45) is 0.784. The number of aromatic amines is 1. The summed E-state index contributed by atoms with van der Waals surface area (Å²) in [5.74, 6) is 0.996. The Hall–Kier alpha value is -2.79. The zero-order valence-electron chi connectivity index (χ0n) is 16.1. The van der Waals surface area contributed by atoms with Crippen LogP contribution >= 0.6 is 11.6 Å². The van der Waals surface area contributed by atoms with Gasteiger partial charge in [0.05, 0.1) is 18.8 Å². The van der Waals surface area contributed by atoms with Gasteiger partial charge in [0.25, 0.3) is 5.91 Å². The molecule has 1 amide bonds. The van der Waals surface area contributed by atoms with Gasteiger partial charge in [0.15, 0.2) is 0 Å². The van der Waals surface area contributed by atoms with Gasteiger partial charge in [-0.05, 0) is 36.1 Å². The lowest BCUT2D eigenvalue weighted by atomic mass is 9.95. The molecule has 2 aromatic carbocycles. The van der Waals surface area contributed by atoms with Crippen molar-refractivity contribution in [2.75, 3.05) is 12.0 Å². The smallest absolute Gasteiger partial charge is 0.277 e.